The van der Waals surface area contributed by atoms with Gasteiger partial charge in [0.2, 0.25) is 0 Å². The van der Waals surface area contributed by atoms with Crippen LogP contribution in [0.1, 0.15) is 24.0 Å². The molecule has 2 nitrogen and oxygen atoms in total. The van der Waals surface area contributed by atoms with E-state index in [0.717, 1.165) is 24.3 Å². The number of anilines is 1. The lowest BCUT2D eigenvalue weighted by molar-refractivity contribution is 0.902. The van der Waals surface area contributed by atoms with Gasteiger partial charge >= 0.3 is 0 Å². The van der Waals surface area contributed by atoms with Crippen molar-refractivity contribution < 1.29 is 0 Å². The van der Waals surface area contributed by atoms with E-state index in [2.05, 4.69) is 29.4 Å². The van der Waals surface area contributed by atoms with E-state index >= 15 is 0 Å². The summed E-state index contributed by atoms with van der Waals surface area (Å²) in [6.07, 6.45) is 2.26. The van der Waals surface area contributed by atoms with Crippen molar-refractivity contribution in [2.45, 2.75) is 30.4 Å². The number of thiazole rings is 1. The van der Waals surface area contributed by atoms with Crippen molar-refractivity contribution in [2.75, 3.05) is 5.73 Å². The first-order chi connectivity index (χ1) is 8.28. The van der Waals surface area contributed by atoms with E-state index in [0.29, 0.717) is 0 Å². The van der Waals surface area contributed by atoms with E-state index in [1.807, 2.05) is 12.1 Å². The average Bonchev–Trinajstić information content (AvgIpc) is 2.77. The van der Waals surface area contributed by atoms with E-state index in [1.165, 1.54) is 15.6 Å². The van der Waals surface area contributed by atoms with Crippen LogP contribution >= 0.6 is 23.1 Å². The predicted molar refractivity (Wildman–Crippen MR) is 76.5 cm³/mol. The topological polar surface area (TPSA) is 38.9 Å². The van der Waals surface area contributed by atoms with Gasteiger partial charge in [0.05, 0.1) is 10.7 Å². The van der Waals surface area contributed by atoms with Crippen molar-refractivity contribution >= 4 is 28.8 Å². The highest BCUT2D eigenvalue weighted by atomic mass is 32.2. The fraction of sp³-hybridized carbons (Fsp3) is 0.308. The van der Waals surface area contributed by atoms with Crippen LogP contribution in [0, 0.1) is 0 Å². The number of hydrogen-bond donors (Lipinski definition) is 1. The maximum atomic E-state index is 5.65. The van der Waals surface area contributed by atoms with Gasteiger partial charge < -0.3 is 5.73 Å². The maximum absolute atomic E-state index is 5.65. The first-order valence-corrected chi connectivity index (χ1v) is 7.56. The molecular weight excluding hydrogens is 248 g/mol. The number of aromatic nitrogens is 1. The van der Waals surface area contributed by atoms with Crippen molar-refractivity contribution in [3.8, 4) is 0 Å². The Morgan fingerprint density at radius 3 is 2.76 bits per heavy atom. The van der Waals surface area contributed by atoms with Gasteiger partial charge in [0.25, 0.3) is 0 Å². The first-order valence-electron chi connectivity index (χ1n) is 5.69. The first kappa shape index (κ1) is 12.5. The Hall–Kier alpha value is -1.00. The Kier molecular flexibility index (Phi) is 4.45. The summed E-state index contributed by atoms with van der Waals surface area (Å²) >= 11 is 3.57. The summed E-state index contributed by atoms with van der Waals surface area (Å²) in [5.41, 5.74) is 7.64. The minimum Gasteiger partial charge on any atom is -0.399 e. The van der Waals surface area contributed by atoms with Crippen LogP contribution in [0.5, 0.6) is 0 Å². The molecule has 2 N–H and O–H groups in total. The highest BCUT2D eigenvalue weighted by molar-refractivity contribution is 7.98. The summed E-state index contributed by atoms with van der Waals surface area (Å²) in [5.74, 6) is 0.935. The molecule has 0 bridgehead atoms. The van der Waals surface area contributed by atoms with Crippen LogP contribution in [0.4, 0.5) is 5.69 Å². The van der Waals surface area contributed by atoms with Gasteiger partial charge in [-0.25, -0.2) is 4.98 Å². The number of nitrogens with zero attached hydrogens (tertiary/aromatic N) is 1. The molecule has 0 saturated carbocycles. The molecule has 0 aliphatic rings. The third-order valence-electron chi connectivity index (χ3n) is 2.33. The molecule has 1 aromatic carbocycles. The van der Waals surface area contributed by atoms with Crippen molar-refractivity contribution in [1.29, 1.82) is 0 Å². The third kappa shape index (κ3) is 3.75. The normalized spacial score (nSPS) is 10.6. The quantitative estimate of drug-likeness (QED) is 0.656. The molecule has 0 spiro atoms. The van der Waals surface area contributed by atoms with Gasteiger partial charge in [-0.15, -0.1) is 23.1 Å². The van der Waals surface area contributed by atoms with E-state index in [9.17, 15) is 0 Å². The van der Waals surface area contributed by atoms with Crippen molar-refractivity contribution in [3.63, 3.8) is 0 Å². The van der Waals surface area contributed by atoms with E-state index in [4.69, 9.17) is 5.73 Å². The van der Waals surface area contributed by atoms with Gasteiger partial charge in [0, 0.05) is 21.7 Å². The summed E-state index contributed by atoms with van der Waals surface area (Å²) in [7, 11) is 0. The van der Waals surface area contributed by atoms with Crippen molar-refractivity contribution in [1.82, 2.24) is 4.98 Å². The molecule has 0 amide bonds. The highest BCUT2D eigenvalue weighted by Gasteiger charge is 2.02. The van der Waals surface area contributed by atoms with Gasteiger partial charge in [-0.3, -0.25) is 0 Å². The molecule has 0 aliphatic heterocycles. The third-order valence-corrected chi connectivity index (χ3v) is 4.33. The number of thioether (sulfide) groups is 1. The summed E-state index contributed by atoms with van der Waals surface area (Å²) in [6, 6.07) is 7.98. The van der Waals surface area contributed by atoms with Crippen molar-refractivity contribution in [3.05, 3.63) is 40.3 Å². The van der Waals surface area contributed by atoms with Crippen LogP contribution in [-0.4, -0.2) is 4.98 Å². The summed E-state index contributed by atoms with van der Waals surface area (Å²) < 4.78 is 0. The van der Waals surface area contributed by atoms with Gasteiger partial charge in [-0.2, -0.15) is 0 Å². The zero-order valence-electron chi connectivity index (χ0n) is 9.85. The molecule has 90 valence electrons. The zero-order chi connectivity index (χ0) is 12.1. The van der Waals surface area contributed by atoms with Crippen LogP contribution in [0.15, 0.2) is 34.5 Å². The second-order valence-electron chi connectivity index (χ2n) is 3.84. The number of rotatable bonds is 5. The maximum Gasteiger partial charge on any atom is 0.0928 e. The number of hydrogen-bond acceptors (Lipinski definition) is 4. The van der Waals surface area contributed by atoms with Crippen LogP contribution in [-0.2, 0) is 12.2 Å². The van der Waals surface area contributed by atoms with Gasteiger partial charge in [0.1, 0.15) is 0 Å². The molecule has 0 saturated heterocycles. The Balaban J connectivity index is 1.90. The van der Waals surface area contributed by atoms with E-state index in [-0.39, 0.29) is 0 Å². The second kappa shape index (κ2) is 6.07. The van der Waals surface area contributed by atoms with Gasteiger partial charge in [-0.05, 0) is 37.1 Å². The molecule has 0 radical (unpaired) electrons. The Labute approximate surface area is 110 Å². The minimum atomic E-state index is 0.813. The Morgan fingerprint density at radius 2 is 2.06 bits per heavy atom. The van der Waals surface area contributed by atoms with Crippen LogP contribution in [0.25, 0.3) is 0 Å². The average molecular weight is 264 g/mol. The number of aryl methyl sites for hydroxylation is 1. The molecule has 0 aliphatic carbocycles. The van der Waals surface area contributed by atoms with Crippen LogP contribution < -0.4 is 5.73 Å². The molecule has 0 fully saturated rings. The lowest BCUT2D eigenvalue weighted by Gasteiger charge is -1.99. The van der Waals surface area contributed by atoms with Crippen LogP contribution in [0.3, 0.4) is 0 Å². The monoisotopic (exact) mass is 264 g/mol. The Morgan fingerprint density at radius 1 is 1.29 bits per heavy atom. The second-order valence-corrected chi connectivity index (χ2v) is 5.83. The summed E-state index contributed by atoms with van der Waals surface area (Å²) in [6.45, 7) is 2.18. The van der Waals surface area contributed by atoms with Crippen LogP contribution in [0.2, 0.25) is 0 Å². The fourth-order valence-corrected chi connectivity index (χ4v) is 3.26. The van der Waals surface area contributed by atoms with E-state index < -0.39 is 0 Å². The smallest absolute Gasteiger partial charge is 0.0928 e. The molecule has 1 heterocycles. The summed E-state index contributed by atoms with van der Waals surface area (Å²) in [5, 5.41) is 3.41. The number of benzene rings is 1. The standard InChI is InChI=1S/C13H16N2S2/c1-2-3-13-15-11(9-17-13)8-16-12-6-4-10(14)5-7-12/h4-7,9H,2-3,8,14H2,1H3. The predicted octanol–water partition coefficient (Wildman–Crippen LogP) is 3.97. The van der Waals surface area contributed by atoms with Crippen molar-refractivity contribution in [2.24, 2.45) is 0 Å². The molecule has 2 aromatic rings. The molecule has 1 aromatic heterocycles. The molecule has 0 atom stereocenters. The number of nitrogens with two attached hydrogens (primary N) is 1. The van der Waals surface area contributed by atoms with Gasteiger partial charge in [-0.1, -0.05) is 6.92 Å². The molecule has 17 heavy (non-hydrogen) atoms. The molecule has 4 heteroatoms. The van der Waals surface area contributed by atoms with E-state index in [1.54, 1.807) is 23.1 Å². The fourth-order valence-electron chi connectivity index (χ4n) is 1.47. The lowest BCUT2D eigenvalue weighted by Crippen LogP contribution is -1.85. The Bertz CT molecular complexity index is 463. The highest BCUT2D eigenvalue weighted by Crippen LogP contribution is 2.24. The summed E-state index contributed by atoms with van der Waals surface area (Å²) in [4.78, 5) is 5.85. The SMILES string of the molecule is CCCc1nc(CSc2ccc(N)cc2)cs1. The zero-order valence-corrected chi connectivity index (χ0v) is 11.5. The lowest BCUT2D eigenvalue weighted by atomic mass is 10.3. The molecular formula is C13H16N2S2. The number of nitrogen functional groups attached to an aromatic ring is 1. The molecule has 2 rings (SSSR count). The minimum absolute atomic E-state index is 0.813. The van der Waals surface area contributed by atoms with Gasteiger partial charge in [0.15, 0.2) is 0 Å². The largest absolute Gasteiger partial charge is 0.399 e. The molecule has 0 unspecified atom stereocenters.